The second-order valence-corrected chi connectivity index (χ2v) is 4.65. The van der Waals surface area contributed by atoms with Crippen LogP contribution >= 0.6 is 0 Å². The molecule has 17 heavy (non-hydrogen) atoms. The number of rotatable bonds is 8. The van der Waals surface area contributed by atoms with E-state index in [4.69, 9.17) is 0 Å². The van der Waals surface area contributed by atoms with Crippen molar-refractivity contribution in [3.63, 3.8) is 0 Å². The predicted molar refractivity (Wildman–Crippen MR) is 76.4 cm³/mol. The second-order valence-electron chi connectivity index (χ2n) is 4.65. The molecule has 0 heterocycles. The third-order valence-corrected chi connectivity index (χ3v) is 3.08. The molecule has 94 valence electrons. The number of aryl methyl sites for hydroxylation is 2. The summed E-state index contributed by atoms with van der Waals surface area (Å²) in [5.74, 6) is 0. The van der Waals surface area contributed by atoms with Gasteiger partial charge in [0.25, 0.3) is 0 Å². The molecule has 0 bridgehead atoms. The van der Waals surface area contributed by atoms with Gasteiger partial charge in [0.1, 0.15) is 0 Å². The first kappa shape index (κ1) is 14.0. The highest BCUT2D eigenvalue weighted by atomic mass is 14.9. The maximum absolute atomic E-state index is 3.79. The third-order valence-electron chi connectivity index (χ3n) is 3.08. The Kier molecular flexibility index (Phi) is 6.64. The van der Waals surface area contributed by atoms with Gasteiger partial charge in [-0.25, -0.2) is 0 Å². The van der Waals surface area contributed by atoms with E-state index in [0.29, 0.717) is 6.04 Å². The van der Waals surface area contributed by atoms with Gasteiger partial charge < -0.3 is 5.32 Å². The first-order valence-corrected chi connectivity index (χ1v) is 6.66. The van der Waals surface area contributed by atoms with Gasteiger partial charge in [0.15, 0.2) is 0 Å². The zero-order valence-electron chi connectivity index (χ0n) is 11.2. The van der Waals surface area contributed by atoms with Crippen molar-refractivity contribution < 1.29 is 0 Å². The summed E-state index contributed by atoms with van der Waals surface area (Å²) in [6, 6.07) is 9.44. The topological polar surface area (TPSA) is 12.0 Å². The summed E-state index contributed by atoms with van der Waals surface area (Å²) in [4.78, 5) is 0. The highest BCUT2D eigenvalue weighted by Crippen LogP contribution is 2.10. The van der Waals surface area contributed by atoms with Gasteiger partial charge in [0.05, 0.1) is 0 Å². The normalized spacial score (nSPS) is 12.4. The molecule has 0 aromatic heterocycles. The van der Waals surface area contributed by atoms with E-state index in [9.17, 15) is 0 Å². The Bertz CT molecular complexity index is 330. The van der Waals surface area contributed by atoms with Gasteiger partial charge in [-0.15, -0.1) is 6.58 Å². The Balaban J connectivity index is 2.42. The summed E-state index contributed by atoms with van der Waals surface area (Å²) in [6.45, 7) is 9.18. The molecule has 1 nitrogen and oxygen atoms in total. The minimum Gasteiger partial charge on any atom is -0.314 e. The van der Waals surface area contributed by atoms with Gasteiger partial charge in [0.2, 0.25) is 0 Å². The average molecular weight is 231 g/mol. The molecular weight excluding hydrogens is 206 g/mol. The second kappa shape index (κ2) is 8.08. The fraction of sp³-hybridized carbons (Fsp3) is 0.500. The molecule has 1 aromatic carbocycles. The lowest BCUT2D eigenvalue weighted by Gasteiger charge is -2.17. The Morgan fingerprint density at radius 1 is 1.35 bits per heavy atom. The number of benzene rings is 1. The third kappa shape index (κ3) is 5.69. The van der Waals surface area contributed by atoms with Gasteiger partial charge in [0, 0.05) is 6.04 Å². The van der Waals surface area contributed by atoms with Crippen LogP contribution in [0.15, 0.2) is 36.9 Å². The molecule has 1 rings (SSSR count). The maximum Gasteiger partial charge on any atom is 0.00730 e. The fourth-order valence-electron chi connectivity index (χ4n) is 2.16. The van der Waals surface area contributed by atoms with Crippen molar-refractivity contribution in [1.82, 2.24) is 5.32 Å². The van der Waals surface area contributed by atoms with Crippen LogP contribution in [0.2, 0.25) is 0 Å². The van der Waals surface area contributed by atoms with Crippen LogP contribution in [0, 0.1) is 6.92 Å². The van der Waals surface area contributed by atoms with Crippen LogP contribution in [0.25, 0.3) is 0 Å². The molecule has 1 unspecified atom stereocenters. The van der Waals surface area contributed by atoms with Gasteiger partial charge in [-0.1, -0.05) is 42.8 Å². The van der Waals surface area contributed by atoms with Crippen LogP contribution < -0.4 is 5.32 Å². The monoisotopic (exact) mass is 231 g/mol. The van der Waals surface area contributed by atoms with Crippen molar-refractivity contribution in [2.24, 2.45) is 0 Å². The van der Waals surface area contributed by atoms with E-state index < -0.39 is 0 Å². The lowest BCUT2D eigenvalue weighted by molar-refractivity contribution is 0.467. The van der Waals surface area contributed by atoms with Gasteiger partial charge in [-0.2, -0.15) is 0 Å². The summed E-state index contributed by atoms with van der Waals surface area (Å²) in [7, 11) is 0. The molecular formula is C16H25N. The zero-order chi connectivity index (χ0) is 12.5. The van der Waals surface area contributed by atoms with E-state index in [0.717, 1.165) is 19.4 Å². The highest BCUT2D eigenvalue weighted by molar-refractivity contribution is 5.22. The minimum absolute atomic E-state index is 0.624. The van der Waals surface area contributed by atoms with Crippen LogP contribution in [-0.2, 0) is 6.42 Å². The Morgan fingerprint density at radius 3 is 2.82 bits per heavy atom. The quantitative estimate of drug-likeness (QED) is 0.670. The molecule has 1 N–H and O–H groups in total. The number of hydrogen-bond donors (Lipinski definition) is 1. The molecule has 0 aliphatic heterocycles. The lowest BCUT2D eigenvalue weighted by atomic mass is 10.0. The molecule has 1 heteroatoms. The van der Waals surface area contributed by atoms with Gasteiger partial charge in [-0.3, -0.25) is 0 Å². The van der Waals surface area contributed by atoms with Crippen molar-refractivity contribution in [3.8, 4) is 0 Å². The van der Waals surface area contributed by atoms with Crippen LogP contribution in [0.3, 0.4) is 0 Å². The van der Waals surface area contributed by atoms with Crippen LogP contribution in [0.1, 0.15) is 37.3 Å². The van der Waals surface area contributed by atoms with Gasteiger partial charge >= 0.3 is 0 Å². The molecule has 1 aromatic rings. The Labute approximate surface area is 106 Å². The molecule has 1 atom stereocenters. The smallest absolute Gasteiger partial charge is 0.00730 e. The van der Waals surface area contributed by atoms with Crippen LogP contribution in [0.4, 0.5) is 0 Å². The molecule has 0 aliphatic carbocycles. The lowest BCUT2D eigenvalue weighted by Crippen LogP contribution is -2.29. The number of nitrogens with one attached hydrogen (secondary N) is 1. The van der Waals surface area contributed by atoms with Crippen molar-refractivity contribution in [1.29, 1.82) is 0 Å². The molecule has 0 spiro atoms. The molecule has 0 fully saturated rings. The van der Waals surface area contributed by atoms with Gasteiger partial charge in [-0.05, 0) is 44.7 Å². The van der Waals surface area contributed by atoms with E-state index in [1.54, 1.807) is 0 Å². The summed E-state index contributed by atoms with van der Waals surface area (Å²) < 4.78 is 0. The summed E-state index contributed by atoms with van der Waals surface area (Å²) in [5, 5.41) is 3.55. The standard InChI is InChI=1S/C16H25N/c1-4-6-10-16(17-5-2)12-11-15-9-7-8-14(3)13-15/h4,7-9,13,16-17H,1,5-6,10-12H2,2-3H3. The first-order valence-electron chi connectivity index (χ1n) is 6.66. The summed E-state index contributed by atoms with van der Waals surface area (Å²) >= 11 is 0. The molecule has 0 saturated carbocycles. The molecule has 0 radical (unpaired) electrons. The largest absolute Gasteiger partial charge is 0.314 e. The average Bonchev–Trinajstić information content (AvgIpc) is 2.33. The van der Waals surface area contributed by atoms with E-state index in [1.807, 2.05) is 6.08 Å². The maximum atomic E-state index is 3.79. The Morgan fingerprint density at radius 2 is 2.18 bits per heavy atom. The molecule has 0 saturated heterocycles. The Hall–Kier alpha value is -1.08. The van der Waals surface area contributed by atoms with Crippen LogP contribution in [-0.4, -0.2) is 12.6 Å². The number of allylic oxidation sites excluding steroid dienone is 1. The van der Waals surface area contributed by atoms with E-state index in [-0.39, 0.29) is 0 Å². The SMILES string of the molecule is C=CCCC(CCc1cccc(C)c1)NCC. The first-order chi connectivity index (χ1) is 8.26. The van der Waals surface area contributed by atoms with Crippen molar-refractivity contribution in [2.45, 2.75) is 45.6 Å². The fourth-order valence-corrected chi connectivity index (χ4v) is 2.16. The van der Waals surface area contributed by atoms with Crippen molar-refractivity contribution >= 4 is 0 Å². The van der Waals surface area contributed by atoms with E-state index >= 15 is 0 Å². The summed E-state index contributed by atoms with van der Waals surface area (Å²) in [6.07, 6.45) is 6.69. The number of hydrogen-bond acceptors (Lipinski definition) is 1. The van der Waals surface area contributed by atoms with Crippen LogP contribution in [0.5, 0.6) is 0 Å². The molecule has 0 aliphatic rings. The van der Waals surface area contributed by atoms with E-state index in [2.05, 4.69) is 50.0 Å². The molecule has 0 amide bonds. The summed E-state index contributed by atoms with van der Waals surface area (Å²) in [5.41, 5.74) is 2.81. The van der Waals surface area contributed by atoms with Crippen molar-refractivity contribution in [3.05, 3.63) is 48.0 Å². The van der Waals surface area contributed by atoms with E-state index in [1.165, 1.54) is 24.0 Å². The highest BCUT2D eigenvalue weighted by Gasteiger charge is 2.06. The van der Waals surface area contributed by atoms with Crippen molar-refractivity contribution in [2.75, 3.05) is 6.54 Å². The minimum atomic E-state index is 0.624. The predicted octanol–water partition coefficient (Wildman–Crippen LogP) is 3.87. The zero-order valence-corrected chi connectivity index (χ0v) is 11.2.